The summed E-state index contributed by atoms with van der Waals surface area (Å²) in [7, 11) is -3.50. The lowest BCUT2D eigenvalue weighted by molar-refractivity contribution is 0.594. The second-order valence-corrected chi connectivity index (χ2v) is 7.38. The summed E-state index contributed by atoms with van der Waals surface area (Å²) in [5, 5.41) is 0. The Morgan fingerprint density at radius 2 is 1.84 bits per heavy atom. The third-order valence-electron chi connectivity index (χ3n) is 2.64. The van der Waals surface area contributed by atoms with Crippen LogP contribution >= 0.6 is 22.9 Å². The highest BCUT2D eigenvalue weighted by molar-refractivity contribution is 7.94. The average Bonchev–Trinajstić information content (AvgIpc) is 2.90. The largest absolute Gasteiger partial charge is 0.273 e. The molecule has 3 nitrogen and oxygen atoms in total. The van der Waals surface area contributed by atoms with Crippen LogP contribution in [-0.2, 0) is 15.9 Å². The van der Waals surface area contributed by atoms with E-state index in [1.807, 2.05) is 25.1 Å². The Morgan fingerprint density at radius 3 is 2.37 bits per heavy atom. The Morgan fingerprint density at radius 1 is 1.16 bits per heavy atom. The normalized spacial score (nSPS) is 11.5. The van der Waals surface area contributed by atoms with Crippen LogP contribution in [-0.4, -0.2) is 15.0 Å². The van der Waals surface area contributed by atoms with Gasteiger partial charge in [-0.3, -0.25) is 4.31 Å². The molecule has 0 aliphatic carbocycles. The molecule has 2 aromatic rings. The van der Waals surface area contributed by atoms with E-state index in [9.17, 15) is 8.42 Å². The van der Waals surface area contributed by atoms with E-state index >= 15 is 0 Å². The first-order valence-electron chi connectivity index (χ1n) is 5.82. The first kappa shape index (κ1) is 14.4. The van der Waals surface area contributed by atoms with Gasteiger partial charge in [-0.25, -0.2) is 8.42 Å². The predicted octanol–water partition coefficient (Wildman–Crippen LogP) is 3.70. The van der Waals surface area contributed by atoms with Gasteiger partial charge in [0.1, 0.15) is 4.21 Å². The highest BCUT2D eigenvalue weighted by Gasteiger charge is 2.25. The number of nitrogens with zero attached hydrogens (tertiary/aromatic N) is 1. The third kappa shape index (κ3) is 2.94. The molecule has 0 spiro atoms. The molecule has 1 aromatic heterocycles. The van der Waals surface area contributed by atoms with Crippen LogP contribution in [0.15, 0.2) is 46.7 Å². The van der Waals surface area contributed by atoms with Crippen LogP contribution in [0.1, 0.15) is 11.8 Å². The lowest BCUT2D eigenvalue weighted by Gasteiger charge is -2.21. The second kappa shape index (κ2) is 5.94. The molecule has 6 heteroatoms. The predicted molar refractivity (Wildman–Crippen MR) is 80.5 cm³/mol. The summed E-state index contributed by atoms with van der Waals surface area (Å²) in [5.74, 6) is 0.331. The molecule has 19 heavy (non-hydrogen) atoms. The minimum absolute atomic E-state index is 0.328. The van der Waals surface area contributed by atoms with Crippen molar-refractivity contribution in [2.75, 3.05) is 10.8 Å². The topological polar surface area (TPSA) is 37.4 Å². The smallest absolute Gasteiger partial charge is 0.266 e. The molecular weight excluding hydrogens is 302 g/mol. The van der Waals surface area contributed by atoms with Crippen molar-refractivity contribution in [1.29, 1.82) is 0 Å². The van der Waals surface area contributed by atoms with Gasteiger partial charge in [-0.1, -0.05) is 18.2 Å². The highest BCUT2D eigenvalue weighted by atomic mass is 35.5. The first-order valence-corrected chi connectivity index (χ1v) is 8.61. The van der Waals surface area contributed by atoms with Crippen molar-refractivity contribution in [2.24, 2.45) is 0 Å². The van der Waals surface area contributed by atoms with E-state index in [0.29, 0.717) is 22.3 Å². The van der Waals surface area contributed by atoms with Gasteiger partial charge >= 0.3 is 0 Å². The van der Waals surface area contributed by atoms with Crippen molar-refractivity contribution in [2.45, 2.75) is 17.0 Å². The van der Waals surface area contributed by atoms with Crippen molar-refractivity contribution >= 4 is 38.6 Å². The maximum Gasteiger partial charge on any atom is 0.273 e. The van der Waals surface area contributed by atoms with Crippen LogP contribution in [0.2, 0.25) is 0 Å². The zero-order valence-corrected chi connectivity index (χ0v) is 12.8. The number of benzene rings is 1. The standard InChI is InChI=1S/C13H14ClNO2S2/c1-2-15(11-6-4-3-5-7-11)19(16,17)13-9-8-12(10-14)18-13/h3-9H,2,10H2,1H3. The highest BCUT2D eigenvalue weighted by Crippen LogP contribution is 2.29. The number of para-hydroxylation sites is 1. The summed E-state index contributed by atoms with van der Waals surface area (Å²) in [4.78, 5) is 0.851. The van der Waals surface area contributed by atoms with Crippen LogP contribution in [0.3, 0.4) is 0 Å². The van der Waals surface area contributed by atoms with Crippen LogP contribution in [0.4, 0.5) is 5.69 Å². The summed E-state index contributed by atoms with van der Waals surface area (Å²) in [6.45, 7) is 2.21. The molecule has 0 unspecified atom stereocenters. The van der Waals surface area contributed by atoms with Gasteiger partial charge in [0.25, 0.3) is 10.0 Å². The molecule has 0 aliphatic rings. The van der Waals surface area contributed by atoms with Crippen molar-refractivity contribution in [3.05, 3.63) is 47.3 Å². The minimum atomic E-state index is -3.50. The fraction of sp³-hybridized carbons (Fsp3) is 0.231. The zero-order chi connectivity index (χ0) is 13.9. The fourth-order valence-electron chi connectivity index (χ4n) is 1.76. The van der Waals surface area contributed by atoms with Crippen molar-refractivity contribution < 1.29 is 8.42 Å². The van der Waals surface area contributed by atoms with Gasteiger partial charge in [0.2, 0.25) is 0 Å². The average molecular weight is 316 g/mol. The molecule has 0 N–H and O–H groups in total. The van der Waals surface area contributed by atoms with E-state index in [4.69, 9.17) is 11.6 Å². The zero-order valence-electron chi connectivity index (χ0n) is 10.4. The Bertz CT molecular complexity index is 638. The molecule has 0 atom stereocenters. The maximum atomic E-state index is 12.6. The lowest BCUT2D eigenvalue weighted by Crippen LogP contribution is -2.30. The Kier molecular flexibility index (Phi) is 4.50. The van der Waals surface area contributed by atoms with Gasteiger partial charge in [-0.05, 0) is 31.2 Å². The Balaban J connectivity index is 2.42. The maximum absolute atomic E-state index is 12.6. The lowest BCUT2D eigenvalue weighted by atomic mass is 10.3. The summed E-state index contributed by atoms with van der Waals surface area (Å²) >= 11 is 6.94. The van der Waals surface area contributed by atoms with Crippen LogP contribution in [0.25, 0.3) is 0 Å². The molecule has 0 saturated heterocycles. The Hall–Kier alpha value is -1.04. The Labute approximate surface area is 122 Å². The van der Waals surface area contributed by atoms with Gasteiger partial charge in [0, 0.05) is 11.4 Å². The molecule has 0 radical (unpaired) electrons. The van der Waals surface area contributed by atoms with Crippen molar-refractivity contribution in [3.8, 4) is 0 Å². The molecule has 1 aromatic carbocycles. The van der Waals surface area contributed by atoms with E-state index in [1.165, 1.54) is 15.6 Å². The van der Waals surface area contributed by atoms with Crippen LogP contribution < -0.4 is 4.31 Å². The number of hydrogen-bond donors (Lipinski definition) is 0. The monoisotopic (exact) mass is 315 g/mol. The number of rotatable bonds is 5. The van der Waals surface area contributed by atoms with Crippen LogP contribution in [0.5, 0.6) is 0 Å². The van der Waals surface area contributed by atoms with E-state index in [0.717, 1.165) is 4.88 Å². The first-order chi connectivity index (χ1) is 9.09. The van der Waals surface area contributed by atoms with Crippen molar-refractivity contribution in [3.63, 3.8) is 0 Å². The second-order valence-electron chi connectivity index (χ2n) is 3.86. The fourth-order valence-corrected chi connectivity index (χ4v) is 4.81. The third-order valence-corrected chi connectivity index (χ3v) is 6.55. The van der Waals surface area contributed by atoms with Gasteiger partial charge in [0.05, 0.1) is 11.6 Å². The number of alkyl halides is 1. The quantitative estimate of drug-likeness (QED) is 0.789. The van der Waals surface area contributed by atoms with E-state index < -0.39 is 10.0 Å². The molecule has 0 aliphatic heterocycles. The number of anilines is 1. The molecule has 0 saturated carbocycles. The molecular formula is C13H14ClNO2S2. The molecule has 102 valence electrons. The molecule has 0 amide bonds. The number of halogens is 1. The van der Waals surface area contributed by atoms with E-state index in [1.54, 1.807) is 24.3 Å². The number of thiophene rings is 1. The van der Waals surface area contributed by atoms with Gasteiger partial charge in [-0.2, -0.15) is 0 Å². The number of sulfonamides is 1. The molecule has 2 rings (SSSR count). The van der Waals surface area contributed by atoms with Crippen molar-refractivity contribution in [1.82, 2.24) is 0 Å². The summed E-state index contributed by atoms with van der Waals surface area (Å²) < 4.78 is 26.9. The van der Waals surface area contributed by atoms with Gasteiger partial charge < -0.3 is 0 Å². The molecule has 0 bridgehead atoms. The summed E-state index contributed by atoms with van der Waals surface area (Å²) in [6, 6.07) is 12.5. The van der Waals surface area contributed by atoms with Gasteiger partial charge in [-0.15, -0.1) is 22.9 Å². The molecule has 1 heterocycles. The minimum Gasteiger partial charge on any atom is -0.266 e. The van der Waals surface area contributed by atoms with E-state index in [-0.39, 0.29) is 0 Å². The van der Waals surface area contributed by atoms with E-state index in [2.05, 4.69) is 0 Å². The summed E-state index contributed by atoms with van der Waals surface area (Å²) in [6.07, 6.45) is 0. The summed E-state index contributed by atoms with van der Waals surface area (Å²) in [5.41, 5.74) is 0.672. The number of hydrogen-bond acceptors (Lipinski definition) is 3. The SMILES string of the molecule is CCN(c1ccccc1)S(=O)(=O)c1ccc(CCl)s1. The van der Waals surface area contributed by atoms with Crippen LogP contribution in [0, 0.1) is 0 Å². The molecule has 0 fully saturated rings. The van der Waals surface area contributed by atoms with Gasteiger partial charge in [0.15, 0.2) is 0 Å².